The highest BCUT2D eigenvalue weighted by molar-refractivity contribution is 6.03. The molecule has 22 heavy (non-hydrogen) atoms. The van der Waals surface area contributed by atoms with Crippen LogP contribution in [-0.4, -0.2) is 27.8 Å². The van der Waals surface area contributed by atoms with Crippen molar-refractivity contribution in [1.82, 2.24) is 10.1 Å². The van der Waals surface area contributed by atoms with Gasteiger partial charge in [-0.3, -0.25) is 0 Å². The Kier molecular flexibility index (Phi) is 3.50. The van der Waals surface area contributed by atoms with E-state index in [4.69, 9.17) is 9.26 Å². The van der Waals surface area contributed by atoms with Crippen LogP contribution in [0.5, 0.6) is 5.75 Å². The number of benzene rings is 1. The summed E-state index contributed by atoms with van der Waals surface area (Å²) in [6, 6.07) is 8.82. The number of aryl methyl sites for hydroxylation is 1. The minimum absolute atomic E-state index is 0.132. The molecule has 0 aliphatic rings. The molecule has 0 saturated carbocycles. The third kappa shape index (κ3) is 2.39. The van der Waals surface area contributed by atoms with Gasteiger partial charge in [0.25, 0.3) is 5.71 Å². The molecule has 0 saturated heterocycles. The number of ether oxygens (including phenoxy) is 1. The van der Waals surface area contributed by atoms with Crippen LogP contribution in [0, 0.1) is 6.92 Å². The zero-order valence-corrected chi connectivity index (χ0v) is 12.2. The van der Waals surface area contributed by atoms with Crippen LogP contribution >= 0.6 is 0 Å². The van der Waals surface area contributed by atoms with Gasteiger partial charge in [-0.25, -0.2) is 9.78 Å². The van der Waals surface area contributed by atoms with E-state index in [9.17, 15) is 9.90 Å². The van der Waals surface area contributed by atoms with Crippen LogP contribution in [0.2, 0.25) is 0 Å². The van der Waals surface area contributed by atoms with E-state index in [1.807, 2.05) is 31.2 Å². The molecule has 0 spiro atoms. The summed E-state index contributed by atoms with van der Waals surface area (Å²) >= 11 is 0. The Hall–Kier alpha value is -2.89. The van der Waals surface area contributed by atoms with Gasteiger partial charge in [-0.1, -0.05) is 5.16 Å². The van der Waals surface area contributed by atoms with Crippen LogP contribution in [0.1, 0.15) is 23.0 Å². The predicted octanol–water partition coefficient (Wildman–Crippen LogP) is 3.30. The van der Waals surface area contributed by atoms with Crippen molar-refractivity contribution < 1.29 is 19.2 Å². The number of carboxylic acids is 1. The van der Waals surface area contributed by atoms with Crippen molar-refractivity contribution in [2.45, 2.75) is 13.8 Å². The number of hydrogen-bond acceptors (Lipinski definition) is 5. The van der Waals surface area contributed by atoms with Crippen molar-refractivity contribution >= 4 is 17.1 Å². The second-order valence-corrected chi connectivity index (χ2v) is 4.77. The normalized spacial score (nSPS) is 10.8. The molecule has 0 aliphatic carbocycles. The number of pyridine rings is 1. The topological polar surface area (TPSA) is 85.5 Å². The van der Waals surface area contributed by atoms with E-state index in [2.05, 4.69) is 10.1 Å². The number of fused-ring (bicyclic) bond motifs is 1. The van der Waals surface area contributed by atoms with Gasteiger partial charge in [0.15, 0.2) is 0 Å². The molecule has 0 radical (unpaired) electrons. The zero-order valence-electron chi connectivity index (χ0n) is 12.2. The van der Waals surface area contributed by atoms with Crippen molar-refractivity contribution in [3.8, 4) is 17.0 Å². The van der Waals surface area contributed by atoms with Crippen molar-refractivity contribution in [1.29, 1.82) is 0 Å². The summed E-state index contributed by atoms with van der Waals surface area (Å²) in [6.45, 7) is 4.19. The SMILES string of the molecule is CCOc1ccc(-c2cc(C(=O)O)c3c(C)noc3n2)cc1. The lowest BCUT2D eigenvalue weighted by molar-refractivity contribution is 0.0699. The van der Waals surface area contributed by atoms with Gasteiger partial charge in [0.2, 0.25) is 0 Å². The summed E-state index contributed by atoms with van der Waals surface area (Å²) in [4.78, 5) is 15.8. The van der Waals surface area contributed by atoms with Gasteiger partial charge in [0, 0.05) is 5.56 Å². The molecule has 6 heteroatoms. The second kappa shape index (κ2) is 5.48. The van der Waals surface area contributed by atoms with Crippen LogP contribution in [-0.2, 0) is 0 Å². The van der Waals surface area contributed by atoms with Gasteiger partial charge in [0.1, 0.15) is 5.75 Å². The maximum atomic E-state index is 11.5. The highest BCUT2D eigenvalue weighted by Crippen LogP contribution is 2.28. The third-order valence-electron chi connectivity index (χ3n) is 3.31. The lowest BCUT2D eigenvalue weighted by atomic mass is 10.1. The first kappa shape index (κ1) is 14.1. The Balaban J connectivity index is 2.12. The highest BCUT2D eigenvalue weighted by Gasteiger charge is 2.18. The molecule has 0 bridgehead atoms. The molecule has 3 rings (SSSR count). The van der Waals surface area contributed by atoms with Crippen molar-refractivity contribution in [2.75, 3.05) is 6.61 Å². The molecule has 0 fully saturated rings. The molecule has 2 aromatic heterocycles. The Bertz CT molecular complexity index is 837. The Morgan fingerprint density at radius 2 is 2.05 bits per heavy atom. The predicted molar refractivity (Wildman–Crippen MR) is 80.1 cm³/mol. The standard InChI is InChI=1S/C16H14N2O4/c1-3-21-11-6-4-10(5-7-11)13-8-12(16(19)20)14-9(2)18-22-15(14)17-13/h4-8H,3H2,1-2H3,(H,19,20). The molecular weight excluding hydrogens is 284 g/mol. The van der Waals surface area contributed by atoms with E-state index < -0.39 is 5.97 Å². The minimum Gasteiger partial charge on any atom is -0.494 e. The maximum Gasteiger partial charge on any atom is 0.336 e. The zero-order chi connectivity index (χ0) is 15.7. The number of nitrogens with zero attached hydrogens (tertiary/aromatic N) is 2. The lowest BCUT2D eigenvalue weighted by Gasteiger charge is -2.06. The second-order valence-electron chi connectivity index (χ2n) is 4.77. The molecule has 0 amide bonds. The van der Waals surface area contributed by atoms with E-state index in [0.29, 0.717) is 23.4 Å². The van der Waals surface area contributed by atoms with Crippen LogP contribution in [0.15, 0.2) is 34.9 Å². The smallest absolute Gasteiger partial charge is 0.336 e. The number of aromatic carboxylic acids is 1. The van der Waals surface area contributed by atoms with Crippen LogP contribution in [0.25, 0.3) is 22.4 Å². The van der Waals surface area contributed by atoms with Crippen LogP contribution < -0.4 is 4.74 Å². The van der Waals surface area contributed by atoms with Gasteiger partial charge in [-0.15, -0.1) is 0 Å². The van der Waals surface area contributed by atoms with E-state index >= 15 is 0 Å². The molecule has 0 atom stereocenters. The van der Waals surface area contributed by atoms with Gasteiger partial charge >= 0.3 is 5.97 Å². The van der Waals surface area contributed by atoms with Gasteiger partial charge in [-0.05, 0) is 44.2 Å². The molecule has 1 aromatic carbocycles. The molecule has 1 N–H and O–H groups in total. The van der Waals surface area contributed by atoms with Gasteiger partial charge < -0.3 is 14.4 Å². The average Bonchev–Trinajstić information content (AvgIpc) is 2.89. The van der Waals surface area contributed by atoms with Crippen LogP contribution in [0.4, 0.5) is 0 Å². The van der Waals surface area contributed by atoms with E-state index in [1.54, 1.807) is 6.92 Å². The molecule has 3 aromatic rings. The van der Waals surface area contributed by atoms with Gasteiger partial charge in [0.05, 0.1) is 28.9 Å². The first-order valence-corrected chi connectivity index (χ1v) is 6.83. The van der Waals surface area contributed by atoms with E-state index in [1.165, 1.54) is 6.07 Å². The van der Waals surface area contributed by atoms with Crippen LogP contribution in [0.3, 0.4) is 0 Å². The van der Waals surface area contributed by atoms with Crippen molar-refractivity contribution in [3.63, 3.8) is 0 Å². The molecule has 2 heterocycles. The molecular formula is C16H14N2O4. The average molecular weight is 298 g/mol. The first-order valence-electron chi connectivity index (χ1n) is 6.83. The molecule has 0 unspecified atom stereocenters. The lowest BCUT2D eigenvalue weighted by Crippen LogP contribution is -2.00. The number of rotatable bonds is 4. The Morgan fingerprint density at radius 1 is 1.32 bits per heavy atom. The maximum absolute atomic E-state index is 11.5. The fraction of sp³-hybridized carbons (Fsp3) is 0.188. The highest BCUT2D eigenvalue weighted by atomic mass is 16.5. The molecule has 6 nitrogen and oxygen atoms in total. The molecule has 0 aliphatic heterocycles. The summed E-state index contributed by atoms with van der Waals surface area (Å²) < 4.78 is 10.5. The number of aromatic nitrogens is 2. The number of carboxylic acid groups (broad SMARTS) is 1. The third-order valence-corrected chi connectivity index (χ3v) is 3.31. The minimum atomic E-state index is -1.04. The first-order chi connectivity index (χ1) is 10.6. The van der Waals surface area contributed by atoms with E-state index in [0.717, 1.165) is 11.3 Å². The fourth-order valence-electron chi connectivity index (χ4n) is 2.30. The quantitative estimate of drug-likeness (QED) is 0.795. The Labute approximate surface area is 126 Å². The Morgan fingerprint density at radius 3 is 2.68 bits per heavy atom. The summed E-state index contributed by atoms with van der Waals surface area (Å²) in [5.74, 6) is -0.285. The largest absolute Gasteiger partial charge is 0.494 e. The number of carbonyl (C=O) groups is 1. The summed E-state index contributed by atoms with van der Waals surface area (Å²) in [6.07, 6.45) is 0. The summed E-state index contributed by atoms with van der Waals surface area (Å²) in [5.41, 5.74) is 2.16. The van der Waals surface area contributed by atoms with Crippen molar-refractivity contribution in [2.24, 2.45) is 0 Å². The summed E-state index contributed by atoms with van der Waals surface area (Å²) in [7, 11) is 0. The van der Waals surface area contributed by atoms with E-state index in [-0.39, 0.29) is 11.3 Å². The number of hydrogen-bond donors (Lipinski definition) is 1. The van der Waals surface area contributed by atoms with Crippen molar-refractivity contribution in [3.05, 3.63) is 41.6 Å². The fourth-order valence-corrected chi connectivity index (χ4v) is 2.30. The monoisotopic (exact) mass is 298 g/mol. The van der Waals surface area contributed by atoms with Gasteiger partial charge in [-0.2, -0.15) is 0 Å². The summed E-state index contributed by atoms with van der Waals surface area (Å²) in [5, 5.41) is 13.6. The molecule has 112 valence electrons.